The Morgan fingerprint density at radius 1 is 0.290 bits per heavy atom. The highest BCUT2D eigenvalue weighted by Crippen LogP contribution is 2.42. The van der Waals surface area contributed by atoms with Crippen molar-refractivity contribution in [3.8, 4) is 67.4 Å². The fourth-order valence-electron chi connectivity index (χ4n) is 9.30. The predicted molar refractivity (Wildman–Crippen MR) is 258 cm³/mol. The zero-order chi connectivity index (χ0) is 41.0. The summed E-state index contributed by atoms with van der Waals surface area (Å²) in [6.45, 7) is 0. The first kappa shape index (κ1) is 35.6. The van der Waals surface area contributed by atoms with Gasteiger partial charge in [-0.3, -0.25) is 4.57 Å². The highest BCUT2D eigenvalue weighted by atomic mass is 15.1. The number of aromatic nitrogens is 4. The van der Waals surface area contributed by atoms with Gasteiger partial charge < -0.3 is 4.57 Å². The van der Waals surface area contributed by atoms with E-state index in [-0.39, 0.29) is 0 Å². The van der Waals surface area contributed by atoms with Gasteiger partial charge in [-0.1, -0.05) is 182 Å². The van der Waals surface area contributed by atoms with E-state index in [1.165, 1.54) is 38.5 Å². The number of hydrogen-bond acceptors (Lipinski definition) is 2. The Hall–Kier alpha value is -8.34. The molecular formula is C58H38N4. The van der Waals surface area contributed by atoms with Crippen LogP contribution in [0.5, 0.6) is 0 Å². The Bertz CT molecular complexity index is 3600. The van der Waals surface area contributed by atoms with Crippen molar-refractivity contribution in [2.75, 3.05) is 0 Å². The molecule has 12 aromatic rings. The smallest absolute Gasteiger partial charge is 0.162 e. The van der Waals surface area contributed by atoms with E-state index in [1.807, 2.05) is 0 Å². The fraction of sp³-hybridized carbons (Fsp3) is 0. The second kappa shape index (κ2) is 14.7. The second-order valence-corrected chi connectivity index (χ2v) is 15.8. The second-order valence-electron chi connectivity index (χ2n) is 15.8. The monoisotopic (exact) mass is 790 g/mol. The summed E-state index contributed by atoms with van der Waals surface area (Å²) in [6.07, 6.45) is 0. The van der Waals surface area contributed by atoms with Gasteiger partial charge in [0.2, 0.25) is 0 Å². The van der Waals surface area contributed by atoms with Gasteiger partial charge in [0, 0.05) is 38.7 Å². The van der Waals surface area contributed by atoms with Crippen molar-refractivity contribution in [3.05, 3.63) is 231 Å². The van der Waals surface area contributed by atoms with E-state index in [1.54, 1.807) is 0 Å². The van der Waals surface area contributed by atoms with Gasteiger partial charge in [0.15, 0.2) is 5.82 Å². The van der Waals surface area contributed by atoms with E-state index < -0.39 is 0 Å². The summed E-state index contributed by atoms with van der Waals surface area (Å²) in [6, 6.07) is 82.0. The van der Waals surface area contributed by atoms with Crippen LogP contribution in [0.1, 0.15) is 0 Å². The molecule has 0 fully saturated rings. The van der Waals surface area contributed by atoms with E-state index in [4.69, 9.17) is 9.97 Å². The molecule has 0 aliphatic rings. The van der Waals surface area contributed by atoms with E-state index in [0.717, 1.165) is 66.8 Å². The van der Waals surface area contributed by atoms with Crippen LogP contribution in [0.15, 0.2) is 231 Å². The summed E-state index contributed by atoms with van der Waals surface area (Å²) in [5.74, 6) is 0.675. The first-order valence-corrected chi connectivity index (χ1v) is 21.1. The molecule has 0 aliphatic heterocycles. The molecule has 0 saturated carbocycles. The molecule has 0 amide bonds. The molecule has 4 nitrogen and oxygen atoms in total. The maximum absolute atomic E-state index is 5.50. The minimum Gasteiger partial charge on any atom is -0.309 e. The van der Waals surface area contributed by atoms with E-state index in [0.29, 0.717) is 5.82 Å². The zero-order valence-electron chi connectivity index (χ0n) is 33.7. The largest absolute Gasteiger partial charge is 0.309 e. The van der Waals surface area contributed by atoms with Crippen LogP contribution in [-0.2, 0) is 0 Å². The molecule has 0 unspecified atom stereocenters. The lowest BCUT2D eigenvalue weighted by Gasteiger charge is -2.12. The molecule has 0 atom stereocenters. The summed E-state index contributed by atoms with van der Waals surface area (Å²) < 4.78 is 4.68. The van der Waals surface area contributed by atoms with Gasteiger partial charge >= 0.3 is 0 Å². The van der Waals surface area contributed by atoms with Crippen molar-refractivity contribution in [2.24, 2.45) is 0 Å². The number of hydrogen-bond donors (Lipinski definition) is 0. The molecule has 12 rings (SSSR count). The SMILES string of the molecule is c1ccc(-c2ccc(-c3nc(-c4cccc(-c5cccc6c5c5ccccc5n6-c5cccc(-c6ccccc6)c5)c4)nc4c3c3ccccc3n4-c3ccccc3)cc2)cc1. The van der Waals surface area contributed by atoms with Crippen molar-refractivity contribution in [1.82, 2.24) is 19.1 Å². The number of para-hydroxylation sites is 3. The maximum atomic E-state index is 5.50. The van der Waals surface area contributed by atoms with Crippen molar-refractivity contribution < 1.29 is 0 Å². The Morgan fingerprint density at radius 2 is 0.790 bits per heavy atom. The van der Waals surface area contributed by atoms with E-state index >= 15 is 0 Å². The van der Waals surface area contributed by atoms with E-state index in [2.05, 4.69) is 240 Å². The zero-order valence-corrected chi connectivity index (χ0v) is 33.7. The highest BCUT2D eigenvalue weighted by Gasteiger charge is 2.22. The van der Waals surface area contributed by atoms with Crippen LogP contribution < -0.4 is 0 Å². The molecule has 0 bridgehead atoms. The average molecular weight is 791 g/mol. The van der Waals surface area contributed by atoms with Crippen LogP contribution in [0.25, 0.3) is 111 Å². The molecule has 3 heterocycles. The molecule has 290 valence electrons. The van der Waals surface area contributed by atoms with Crippen molar-refractivity contribution in [1.29, 1.82) is 0 Å². The third-order valence-electron chi connectivity index (χ3n) is 12.1. The van der Waals surface area contributed by atoms with Gasteiger partial charge in [-0.05, 0) is 81.9 Å². The van der Waals surface area contributed by atoms with Crippen LogP contribution in [0.4, 0.5) is 0 Å². The summed E-state index contributed by atoms with van der Waals surface area (Å²) in [4.78, 5) is 11.0. The van der Waals surface area contributed by atoms with Gasteiger partial charge in [-0.25, -0.2) is 9.97 Å². The highest BCUT2D eigenvalue weighted by molar-refractivity contribution is 6.16. The standard InChI is InChI=1S/C58H38N4/c1-4-17-39(18-5-1)41-33-35-42(36-34-41)56-55-50-28-11-13-31-52(50)62(46-24-8-3-9-25-46)58(55)60-57(59-56)45-23-14-22-44(37-45)48-29-16-32-53-54(48)49-27-10-12-30-51(49)61(53)47-26-15-21-43(38-47)40-19-6-2-7-20-40/h1-38H. The third kappa shape index (κ3) is 5.92. The Balaban J connectivity index is 1.06. The summed E-state index contributed by atoms with van der Waals surface area (Å²) in [5, 5.41) is 4.57. The molecule has 0 spiro atoms. The van der Waals surface area contributed by atoms with Gasteiger partial charge in [0.25, 0.3) is 0 Å². The van der Waals surface area contributed by atoms with Gasteiger partial charge in [-0.15, -0.1) is 0 Å². The molecule has 9 aromatic carbocycles. The fourth-order valence-corrected chi connectivity index (χ4v) is 9.30. The van der Waals surface area contributed by atoms with Gasteiger partial charge in [0.05, 0.1) is 27.6 Å². The molecule has 0 saturated heterocycles. The van der Waals surface area contributed by atoms with Crippen molar-refractivity contribution in [3.63, 3.8) is 0 Å². The molecule has 0 aliphatic carbocycles. The quantitative estimate of drug-likeness (QED) is 0.161. The van der Waals surface area contributed by atoms with Crippen molar-refractivity contribution in [2.45, 2.75) is 0 Å². The lowest BCUT2D eigenvalue weighted by molar-refractivity contribution is 1.11. The molecule has 62 heavy (non-hydrogen) atoms. The van der Waals surface area contributed by atoms with Crippen molar-refractivity contribution >= 4 is 43.7 Å². The van der Waals surface area contributed by atoms with Gasteiger partial charge in [0.1, 0.15) is 5.65 Å². The van der Waals surface area contributed by atoms with Crippen LogP contribution in [0.3, 0.4) is 0 Å². The topological polar surface area (TPSA) is 35.6 Å². The van der Waals surface area contributed by atoms with Gasteiger partial charge in [-0.2, -0.15) is 0 Å². The van der Waals surface area contributed by atoms with E-state index in [9.17, 15) is 0 Å². The third-order valence-corrected chi connectivity index (χ3v) is 12.1. The Morgan fingerprint density at radius 3 is 1.53 bits per heavy atom. The van der Waals surface area contributed by atoms with Crippen LogP contribution in [0.2, 0.25) is 0 Å². The lowest BCUT2D eigenvalue weighted by Crippen LogP contribution is -1.99. The first-order valence-electron chi connectivity index (χ1n) is 21.1. The summed E-state index contributed by atoms with van der Waals surface area (Å²) >= 11 is 0. The number of rotatable bonds is 7. The Labute approximate surface area is 359 Å². The minimum absolute atomic E-state index is 0.675. The summed E-state index contributed by atoms with van der Waals surface area (Å²) in [5.41, 5.74) is 16.4. The first-order chi connectivity index (χ1) is 30.8. The number of benzene rings is 9. The molecule has 3 aromatic heterocycles. The maximum Gasteiger partial charge on any atom is 0.162 e. The van der Waals surface area contributed by atoms with Crippen LogP contribution >= 0.6 is 0 Å². The number of nitrogens with zero attached hydrogens (tertiary/aromatic N) is 4. The summed E-state index contributed by atoms with van der Waals surface area (Å²) in [7, 11) is 0. The van der Waals surface area contributed by atoms with Crippen LogP contribution in [-0.4, -0.2) is 19.1 Å². The minimum atomic E-state index is 0.675. The number of fused-ring (bicyclic) bond motifs is 6. The molecule has 4 heteroatoms. The Kier molecular flexibility index (Phi) is 8.46. The van der Waals surface area contributed by atoms with Crippen LogP contribution in [0, 0.1) is 0 Å². The molecule has 0 N–H and O–H groups in total. The molecule has 0 radical (unpaired) electrons. The predicted octanol–water partition coefficient (Wildman–Crippen LogP) is 15.0. The lowest BCUT2D eigenvalue weighted by atomic mass is 9.97. The normalized spacial score (nSPS) is 11.5. The average Bonchev–Trinajstić information content (AvgIpc) is 3.88. The molecular weight excluding hydrogens is 753 g/mol.